The van der Waals surface area contributed by atoms with Crippen molar-refractivity contribution in [2.24, 2.45) is 0 Å². The molecule has 3 rings (SSSR count). The fourth-order valence-corrected chi connectivity index (χ4v) is 3.58. The highest BCUT2D eigenvalue weighted by molar-refractivity contribution is 5.78. The molecule has 2 aromatic carbocycles. The topological polar surface area (TPSA) is 70.5 Å². The lowest BCUT2D eigenvalue weighted by atomic mass is 10.2. The molecule has 0 spiro atoms. The third kappa shape index (κ3) is 5.75. The number of aromatic nitrogens is 2. The Morgan fingerprint density at radius 1 is 0.906 bits per heavy atom. The summed E-state index contributed by atoms with van der Waals surface area (Å²) >= 11 is 0. The van der Waals surface area contributed by atoms with E-state index >= 15 is 0 Å². The molecule has 0 fully saturated rings. The number of amides is 3. The molecule has 3 aromatic rings. The summed E-state index contributed by atoms with van der Waals surface area (Å²) in [5.41, 5.74) is 5.01. The third-order valence-electron chi connectivity index (χ3n) is 5.49. The van der Waals surface area contributed by atoms with Crippen LogP contribution in [0.2, 0.25) is 0 Å². The zero-order valence-electron chi connectivity index (χ0n) is 19.2. The minimum atomic E-state index is -0.194. The van der Waals surface area contributed by atoms with Gasteiger partial charge < -0.3 is 15.1 Å². The molecule has 7 heteroatoms. The maximum Gasteiger partial charge on any atom is 0.317 e. The van der Waals surface area contributed by atoms with E-state index < -0.39 is 0 Å². The molecule has 0 aliphatic heterocycles. The molecule has 0 saturated heterocycles. The molecule has 0 saturated carbocycles. The Balaban J connectivity index is 1.50. The molecule has 0 atom stereocenters. The van der Waals surface area contributed by atoms with Crippen molar-refractivity contribution in [3.63, 3.8) is 0 Å². The van der Waals surface area contributed by atoms with Crippen LogP contribution in [0.15, 0.2) is 60.7 Å². The fraction of sp³-hybridized carbons (Fsp3) is 0.320. The largest absolute Gasteiger partial charge is 0.341 e. The van der Waals surface area contributed by atoms with Crippen LogP contribution in [0.4, 0.5) is 4.79 Å². The molecule has 0 unspecified atom stereocenters. The number of benzene rings is 2. The van der Waals surface area contributed by atoms with Crippen LogP contribution in [0.3, 0.4) is 0 Å². The van der Waals surface area contributed by atoms with E-state index in [2.05, 4.69) is 10.4 Å². The summed E-state index contributed by atoms with van der Waals surface area (Å²) in [7, 11) is 3.52. The number of nitrogens with one attached hydrogen (secondary N) is 1. The van der Waals surface area contributed by atoms with E-state index in [9.17, 15) is 9.59 Å². The van der Waals surface area contributed by atoms with E-state index in [-0.39, 0.29) is 18.4 Å². The highest BCUT2D eigenvalue weighted by Crippen LogP contribution is 2.19. The summed E-state index contributed by atoms with van der Waals surface area (Å²) in [6, 6.07) is 19.6. The molecule has 0 aliphatic carbocycles. The average molecular weight is 434 g/mol. The van der Waals surface area contributed by atoms with Crippen molar-refractivity contribution in [3.8, 4) is 5.69 Å². The van der Waals surface area contributed by atoms with Crippen molar-refractivity contribution in [3.05, 3.63) is 83.2 Å². The Morgan fingerprint density at radius 3 is 2.19 bits per heavy atom. The standard InChI is InChI=1S/C25H31N5O2/c1-19-23(20(2)30(27-19)22-13-9-6-10-14-22)18-28(3)24(31)15-16-26-25(32)29(4)17-21-11-7-5-8-12-21/h5-14H,15-18H2,1-4H3,(H,26,32). The monoisotopic (exact) mass is 433 g/mol. The fourth-order valence-electron chi connectivity index (χ4n) is 3.58. The number of aryl methyl sites for hydroxylation is 1. The summed E-state index contributed by atoms with van der Waals surface area (Å²) in [5.74, 6) is -0.0257. The van der Waals surface area contributed by atoms with Crippen LogP contribution in [-0.4, -0.2) is 52.2 Å². The van der Waals surface area contributed by atoms with E-state index in [4.69, 9.17) is 0 Å². The van der Waals surface area contributed by atoms with Crippen molar-refractivity contribution < 1.29 is 9.59 Å². The molecule has 7 nitrogen and oxygen atoms in total. The number of urea groups is 1. The highest BCUT2D eigenvalue weighted by atomic mass is 16.2. The quantitative estimate of drug-likeness (QED) is 0.589. The third-order valence-corrected chi connectivity index (χ3v) is 5.49. The molecule has 1 aromatic heterocycles. The van der Waals surface area contributed by atoms with E-state index in [1.807, 2.05) is 79.2 Å². The number of carbonyl (C=O) groups excluding carboxylic acids is 2. The van der Waals surface area contributed by atoms with E-state index in [1.54, 1.807) is 23.9 Å². The van der Waals surface area contributed by atoms with Crippen molar-refractivity contribution in [2.75, 3.05) is 20.6 Å². The first-order valence-corrected chi connectivity index (χ1v) is 10.7. The van der Waals surface area contributed by atoms with Gasteiger partial charge in [0.25, 0.3) is 0 Å². The highest BCUT2D eigenvalue weighted by Gasteiger charge is 2.17. The van der Waals surface area contributed by atoms with Gasteiger partial charge in [-0.25, -0.2) is 9.48 Å². The van der Waals surface area contributed by atoms with Crippen LogP contribution in [0.25, 0.3) is 5.69 Å². The smallest absolute Gasteiger partial charge is 0.317 e. The van der Waals surface area contributed by atoms with Crippen LogP contribution in [0, 0.1) is 13.8 Å². The summed E-state index contributed by atoms with van der Waals surface area (Å²) in [6.07, 6.45) is 0.242. The second-order valence-electron chi connectivity index (χ2n) is 7.97. The number of rotatable bonds is 8. The van der Waals surface area contributed by atoms with Gasteiger partial charge in [0, 0.05) is 51.4 Å². The molecule has 0 aliphatic rings. The zero-order valence-corrected chi connectivity index (χ0v) is 19.2. The molecule has 0 bridgehead atoms. The number of hydrogen-bond acceptors (Lipinski definition) is 3. The van der Waals surface area contributed by atoms with Gasteiger partial charge in [-0.15, -0.1) is 0 Å². The molecular formula is C25H31N5O2. The lowest BCUT2D eigenvalue weighted by Gasteiger charge is -2.20. The van der Waals surface area contributed by atoms with Gasteiger partial charge in [-0.05, 0) is 31.5 Å². The van der Waals surface area contributed by atoms with Crippen LogP contribution in [-0.2, 0) is 17.9 Å². The van der Waals surface area contributed by atoms with Crippen LogP contribution in [0.5, 0.6) is 0 Å². The number of hydrogen-bond donors (Lipinski definition) is 1. The number of nitrogens with zero attached hydrogens (tertiary/aromatic N) is 4. The Kier molecular flexibility index (Phi) is 7.65. The maximum atomic E-state index is 12.6. The molecule has 168 valence electrons. The van der Waals surface area contributed by atoms with Gasteiger partial charge >= 0.3 is 6.03 Å². The Morgan fingerprint density at radius 2 is 1.53 bits per heavy atom. The van der Waals surface area contributed by atoms with Gasteiger partial charge in [-0.3, -0.25) is 4.79 Å². The number of para-hydroxylation sites is 1. The predicted octanol–water partition coefficient (Wildman–Crippen LogP) is 3.68. The lowest BCUT2D eigenvalue weighted by Crippen LogP contribution is -2.39. The maximum absolute atomic E-state index is 12.6. The average Bonchev–Trinajstić information content (AvgIpc) is 3.08. The van der Waals surface area contributed by atoms with E-state index in [0.717, 1.165) is 28.2 Å². The second kappa shape index (κ2) is 10.6. The molecule has 1 N–H and O–H groups in total. The first-order valence-electron chi connectivity index (χ1n) is 10.7. The van der Waals surface area contributed by atoms with Gasteiger partial charge in [0.2, 0.25) is 5.91 Å². The van der Waals surface area contributed by atoms with Crippen molar-refractivity contribution >= 4 is 11.9 Å². The Labute approximate surface area is 189 Å². The van der Waals surface area contributed by atoms with Gasteiger partial charge in [0.05, 0.1) is 11.4 Å². The predicted molar refractivity (Wildman–Crippen MR) is 125 cm³/mol. The van der Waals surface area contributed by atoms with Crippen LogP contribution < -0.4 is 5.32 Å². The summed E-state index contributed by atoms with van der Waals surface area (Å²) in [4.78, 5) is 28.2. The molecule has 32 heavy (non-hydrogen) atoms. The molecule has 1 heterocycles. The van der Waals surface area contributed by atoms with Gasteiger partial charge in [-0.2, -0.15) is 5.10 Å². The zero-order chi connectivity index (χ0) is 23.1. The first-order chi connectivity index (χ1) is 15.4. The Bertz CT molecular complexity index is 1050. The minimum absolute atomic E-state index is 0.0257. The normalized spacial score (nSPS) is 10.6. The SMILES string of the molecule is Cc1nn(-c2ccccc2)c(C)c1CN(C)C(=O)CCNC(=O)N(C)Cc1ccccc1. The van der Waals surface area contributed by atoms with Crippen molar-refractivity contribution in [1.82, 2.24) is 24.9 Å². The van der Waals surface area contributed by atoms with Crippen LogP contribution >= 0.6 is 0 Å². The Hall–Kier alpha value is -3.61. The van der Waals surface area contributed by atoms with Gasteiger partial charge in [0.15, 0.2) is 0 Å². The summed E-state index contributed by atoms with van der Waals surface area (Å²) in [5, 5.41) is 7.47. The van der Waals surface area contributed by atoms with Crippen molar-refractivity contribution in [1.29, 1.82) is 0 Å². The molecule has 3 amide bonds. The first kappa shape index (κ1) is 23.1. The van der Waals surface area contributed by atoms with Crippen LogP contribution in [0.1, 0.15) is 28.9 Å². The molecular weight excluding hydrogens is 402 g/mol. The van der Waals surface area contributed by atoms with E-state index in [1.165, 1.54) is 0 Å². The number of carbonyl (C=O) groups is 2. The van der Waals surface area contributed by atoms with Gasteiger partial charge in [0.1, 0.15) is 0 Å². The summed E-state index contributed by atoms with van der Waals surface area (Å²) in [6.45, 7) is 5.27. The minimum Gasteiger partial charge on any atom is -0.341 e. The van der Waals surface area contributed by atoms with Crippen molar-refractivity contribution in [2.45, 2.75) is 33.4 Å². The second-order valence-corrected chi connectivity index (χ2v) is 7.97. The molecule has 0 radical (unpaired) electrons. The summed E-state index contributed by atoms with van der Waals surface area (Å²) < 4.78 is 1.91. The lowest BCUT2D eigenvalue weighted by molar-refractivity contribution is -0.130. The van der Waals surface area contributed by atoms with E-state index in [0.29, 0.717) is 19.6 Å². The van der Waals surface area contributed by atoms with Gasteiger partial charge in [-0.1, -0.05) is 48.5 Å².